The maximum Gasteiger partial charge on any atom is 0.226 e. The average molecular weight is 314 g/mol. The first-order chi connectivity index (χ1) is 9.55. The van der Waals surface area contributed by atoms with Crippen molar-refractivity contribution < 1.29 is 13.2 Å². The summed E-state index contributed by atoms with van der Waals surface area (Å²) in [6, 6.07) is 0. The molecule has 21 heavy (non-hydrogen) atoms. The van der Waals surface area contributed by atoms with E-state index < -0.39 is 10.0 Å². The van der Waals surface area contributed by atoms with Gasteiger partial charge in [0.15, 0.2) is 0 Å². The standard InChI is InChI=1S/C15H26N2O3S/c1-11(2)10-12-13(15(12,3)4)14(18)16-6-8-17(9-7-16)21(5,19)20/h10,12-13H,6-9H2,1-5H3/t12-,13-/m0/s1. The lowest BCUT2D eigenvalue weighted by atomic mass is 10.1. The number of sulfonamides is 1. The van der Waals surface area contributed by atoms with E-state index >= 15 is 0 Å². The quantitative estimate of drug-likeness (QED) is 0.739. The van der Waals surface area contributed by atoms with Crippen LogP contribution in [0.15, 0.2) is 11.6 Å². The Labute approximate surface area is 128 Å². The molecule has 0 radical (unpaired) electrons. The zero-order valence-electron chi connectivity index (χ0n) is 13.6. The number of allylic oxidation sites excluding steroid dienone is 2. The Hall–Kier alpha value is -0.880. The first kappa shape index (κ1) is 16.5. The monoisotopic (exact) mass is 314 g/mol. The lowest BCUT2D eigenvalue weighted by Gasteiger charge is -2.33. The molecule has 0 N–H and O–H groups in total. The van der Waals surface area contributed by atoms with Crippen molar-refractivity contribution in [2.45, 2.75) is 27.7 Å². The van der Waals surface area contributed by atoms with Crippen LogP contribution in [0.2, 0.25) is 0 Å². The van der Waals surface area contributed by atoms with E-state index in [1.165, 1.54) is 16.1 Å². The fraction of sp³-hybridized carbons (Fsp3) is 0.800. The topological polar surface area (TPSA) is 57.7 Å². The van der Waals surface area contributed by atoms with Crippen LogP contribution in [0.3, 0.4) is 0 Å². The Bertz CT molecular complexity index is 553. The molecule has 2 aliphatic rings. The Kier molecular flexibility index (Phi) is 4.23. The van der Waals surface area contributed by atoms with Crippen molar-refractivity contribution in [2.24, 2.45) is 17.3 Å². The van der Waals surface area contributed by atoms with E-state index in [-0.39, 0.29) is 17.2 Å². The van der Waals surface area contributed by atoms with Gasteiger partial charge in [0.25, 0.3) is 0 Å². The molecule has 0 spiro atoms. The van der Waals surface area contributed by atoms with Crippen LogP contribution in [-0.4, -0.2) is 56.0 Å². The minimum atomic E-state index is -3.14. The van der Waals surface area contributed by atoms with Gasteiger partial charge >= 0.3 is 0 Å². The summed E-state index contributed by atoms with van der Waals surface area (Å²) in [5.41, 5.74) is 1.26. The summed E-state index contributed by atoms with van der Waals surface area (Å²) in [5, 5.41) is 0. The number of piperazine rings is 1. The zero-order chi connectivity index (χ0) is 16.0. The van der Waals surface area contributed by atoms with E-state index in [9.17, 15) is 13.2 Å². The third kappa shape index (κ3) is 3.31. The Balaban J connectivity index is 1.99. The van der Waals surface area contributed by atoms with Crippen molar-refractivity contribution >= 4 is 15.9 Å². The summed E-state index contributed by atoms with van der Waals surface area (Å²) < 4.78 is 24.4. The van der Waals surface area contributed by atoms with E-state index in [4.69, 9.17) is 0 Å². The molecule has 6 heteroatoms. The smallest absolute Gasteiger partial charge is 0.226 e. The molecule has 1 saturated heterocycles. The third-order valence-corrected chi connectivity index (χ3v) is 6.01. The molecular formula is C15H26N2O3S. The van der Waals surface area contributed by atoms with Crippen LogP contribution < -0.4 is 0 Å². The summed E-state index contributed by atoms with van der Waals surface area (Å²) in [7, 11) is -3.14. The largest absolute Gasteiger partial charge is 0.340 e. The predicted octanol–water partition coefficient (Wildman–Crippen LogP) is 1.33. The molecule has 5 nitrogen and oxygen atoms in total. The van der Waals surface area contributed by atoms with Gasteiger partial charge < -0.3 is 4.90 Å². The summed E-state index contributed by atoms with van der Waals surface area (Å²) >= 11 is 0. The van der Waals surface area contributed by atoms with Crippen molar-refractivity contribution in [1.82, 2.24) is 9.21 Å². The number of hydrogen-bond donors (Lipinski definition) is 0. The highest BCUT2D eigenvalue weighted by molar-refractivity contribution is 7.88. The number of hydrogen-bond acceptors (Lipinski definition) is 3. The molecule has 1 saturated carbocycles. The number of nitrogens with zero attached hydrogens (tertiary/aromatic N) is 2. The summed E-state index contributed by atoms with van der Waals surface area (Å²) in [4.78, 5) is 14.5. The van der Waals surface area contributed by atoms with Crippen LogP contribution in [0.25, 0.3) is 0 Å². The van der Waals surface area contributed by atoms with E-state index in [0.717, 1.165) is 0 Å². The average Bonchev–Trinajstić information content (AvgIpc) is 2.88. The van der Waals surface area contributed by atoms with Gasteiger partial charge in [-0.3, -0.25) is 4.79 Å². The zero-order valence-corrected chi connectivity index (χ0v) is 14.4. The Morgan fingerprint density at radius 1 is 1.14 bits per heavy atom. The van der Waals surface area contributed by atoms with Crippen molar-refractivity contribution in [3.63, 3.8) is 0 Å². The van der Waals surface area contributed by atoms with Crippen LogP contribution in [0.4, 0.5) is 0 Å². The number of amides is 1. The maximum absolute atomic E-state index is 12.7. The molecule has 0 unspecified atom stereocenters. The maximum atomic E-state index is 12.7. The highest BCUT2D eigenvalue weighted by Gasteiger charge is 2.61. The molecule has 0 bridgehead atoms. The lowest BCUT2D eigenvalue weighted by Crippen LogP contribution is -2.51. The molecule has 1 heterocycles. The molecule has 0 aromatic carbocycles. The van der Waals surface area contributed by atoms with Crippen LogP contribution in [0.5, 0.6) is 0 Å². The third-order valence-electron chi connectivity index (χ3n) is 4.71. The van der Waals surface area contributed by atoms with Crippen molar-refractivity contribution in [2.75, 3.05) is 32.4 Å². The number of carbonyl (C=O) groups is 1. The van der Waals surface area contributed by atoms with Crippen LogP contribution in [0, 0.1) is 17.3 Å². The molecule has 2 rings (SSSR count). The van der Waals surface area contributed by atoms with Crippen molar-refractivity contribution in [3.05, 3.63) is 11.6 Å². The molecule has 0 aromatic heterocycles. The summed E-state index contributed by atoms with van der Waals surface area (Å²) in [5.74, 6) is 0.524. The fourth-order valence-corrected chi connectivity index (χ4v) is 4.08. The van der Waals surface area contributed by atoms with E-state index in [1.807, 2.05) is 4.90 Å². The van der Waals surface area contributed by atoms with Gasteiger partial charge in [-0.1, -0.05) is 25.5 Å². The van der Waals surface area contributed by atoms with Gasteiger partial charge in [0.05, 0.1) is 12.2 Å². The molecule has 2 fully saturated rings. The van der Waals surface area contributed by atoms with E-state index in [1.54, 1.807) is 0 Å². The van der Waals surface area contributed by atoms with E-state index in [2.05, 4.69) is 33.8 Å². The van der Waals surface area contributed by atoms with Crippen molar-refractivity contribution in [3.8, 4) is 0 Å². The van der Waals surface area contributed by atoms with Gasteiger partial charge in [0.1, 0.15) is 0 Å². The summed E-state index contributed by atoms with van der Waals surface area (Å²) in [6.07, 6.45) is 3.41. The second-order valence-electron chi connectivity index (χ2n) is 7.06. The van der Waals surface area contributed by atoms with Crippen LogP contribution in [-0.2, 0) is 14.8 Å². The van der Waals surface area contributed by atoms with Crippen molar-refractivity contribution in [1.29, 1.82) is 0 Å². The van der Waals surface area contributed by atoms with Gasteiger partial charge in [0.2, 0.25) is 15.9 Å². The van der Waals surface area contributed by atoms with Gasteiger partial charge in [0, 0.05) is 26.2 Å². The summed E-state index contributed by atoms with van der Waals surface area (Å²) in [6.45, 7) is 10.2. The number of rotatable bonds is 3. The van der Waals surface area contributed by atoms with Gasteiger partial charge in [-0.15, -0.1) is 0 Å². The molecule has 1 aliphatic heterocycles. The first-order valence-electron chi connectivity index (χ1n) is 7.44. The fourth-order valence-electron chi connectivity index (χ4n) is 3.26. The predicted molar refractivity (Wildman–Crippen MR) is 83.2 cm³/mol. The normalized spacial score (nSPS) is 29.1. The van der Waals surface area contributed by atoms with E-state index in [0.29, 0.717) is 32.1 Å². The van der Waals surface area contributed by atoms with Gasteiger partial charge in [-0.25, -0.2) is 8.42 Å². The molecule has 0 aromatic rings. The highest BCUT2D eigenvalue weighted by atomic mass is 32.2. The Morgan fingerprint density at radius 3 is 2.10 bits per heavy atom. The molecule has 120 valence electrons. The van der Waals surface area contributed by atoms with Gasteiger partial charge in [-0.2, -0.15) is 4.31 Å². The first-order valence-corrected chi connectivity index (χ1v) is 9.29. The molecule has 1 amide bonds. The SMILES string of the molecule is CC(C)=C[C@H]1[C@@H](C(=O)N2CCN(S(C)(=O)=O)CC2)C1(C)C. The molecule has 1 aliphatic carbocycles. The second kappa shape index (κ2) is 5.39. The minimum Gasteiger partial charge on any atom is -0.340 e. The van der Waals surface area contributed by atoms with Crippen LogP contribution >= 0.6 is 0 Å². The molecular weight excluding hydrogens is 288 g/mol. The van der Waals surface area contributed by atoms with Gasteiger partial charge in [-0.05, 0) is 25.2 Å². The minimum absolute atomic E-state index is 0.0162. The molecule has 2 atom stereocenters. The Morgan fingerprint density at radius 2 is 1.67 bits per heavy atom. The lowest BCUT2D eigenvalue weighted by molar-refractivity contribution is -0.134. The van der Waals surface area contributed by atoms with Crippen LogP contribution in [0.1, 0.15) is 27.7 Å². The highest BCUT2D eigenvalue weighted by Crippen LogP contribution is 2.60. The second-order valence-corrected chi connectivity index (χ2v) is 9.04. The number of carbonyl (C=O) groups excluding carboxylic acids is 1.